The van der Waals surface area contributed by atoms with E-state index in [0.717, 1.165) is 17.8 Å². The molecule has 0 N–H and O–H groups in total. The first-order valence-corrected chi connectivity index (χ1v) is 9.38. The summed E-state index contributed by atoms with van der Waals surface area (Å²) >= 11 is 1.54. The maximum atomic E-state index is 12.7. The highest BCUT2D eigenvalue weighted by Crippen LogP contribution is 2.26. The Bertz CT molecular complexity index is 710. The molecule has 7 heteroatoms. The molecule has 6 nitrogen and oxygen atoms in total. The fourth-order valence-corrected chi connectivity index (χ4v) is 4.07. The SMILES string of the molecule is O=C(c1ccsc1)N1CCO[C@]2(COCCN(c3cccnc3)C2)C1. The fourth-order valence-electron chi connectivity index (χ4n) is 3.44. The van der Waals surface area contributed by atoms with E-state index in [4.69, 9.17) is 9.47 Å². The van der Waals surface area contributed by atoms with Gasteiger partial charge < -0.3 is 19.3 Å². The minimum absolute atomic E-state index is 0.0705. The molecule has 0 saturated carbocycles. The largest absolute Gasteiger partial charge is 0.376 e. The molecule has 1 atom stereocenters. The number of thiophene rings is 1. The fraction of sp³-hybridized carbons (Fsp3) is 0.444. The van der Waals surface area contributed by atoms with Gasteiger partial charge >= 0.3 is 0 Å². The topological polar surface area (TPSA) is 54.9 Å². The minimum atomic E-state index is -0.504. The van der Waals surface area contributed by atoms with Crippen molar-refractivity contribution >= 4 is 22.9 Å². The Balaban J connectivity index is 1.53. The van der Waals surface area contributed by atoms with E-state index >= 15 is 0 Å². The third-order valence-electron chi connectivity index (χ3n) is 4.66. The van der Waals surface area contributed by atoms with Crippen LogP contribution in [-0.2, 0) is 9.47 Å². The highest BCUT2D eigenvalue weighted by molar-refractivity contribution is 7.08. The van der Waals surface area contributed by atoms with Crippen molar-refractivity contribution in [2.45, 2.75) is 5.60 Å². The van der Waals surface area contributed by atoms with Crippen LogP contribution in [0.4, 0.5) is 5.69 Å². The summed E-state index contributed by atoms with van der Waals surface area (Å²) < 4.78 is 12.0. The third kappa shape index (κ3) is 3.53. The first-order chi connectivity index (χ1) is 12.3. The molecule has 0 aromatic carbocycles. The summed E-state index contributed by atoms with van der Waals surface area (Å²) in [5.74, 6) is 0.0705. The molecule has 0 radical (unpaired) electrons. The second kappa shape index (κ2) is 7.11. The van der Waals surface area contributed by atoms with Crippen molar-refractivity contribution in [3.05, 3.63) is 46.9 Å². The van der Waals surface area contributed by atoms with Crippen molar-refractivity contribution in [3.63, 3.8) is 0 Å². The van der Waals surface area contributed by atoms with E-state index in [1.165, 1.54) is 0 Å². The normalized spacial score (nSPS) is 24.3. The average molecular weight is 359 g/mol. The Kier molecular flexibility index (Phi) is 4.70. The van der Waals surface area contributed by atoms with Gasteiger partial charge in [-0.05, 0) is 23.6 Å². The molecule has 0 bridgehead atoms. The van der Waals surface area contributed by atoms with Gasteiger partial charge in [0.05, 0.1) is 50.4 Å². The molecule has 1 spiro atoms. The number of morpholine rings is 1. The molecule has 2 saturated heterocycles. The summed E-state index contributed by atoms with van der Waals surface area (Å²) in [6.45, 7) is 4.29. The maximum absolute atomic E-state index is 12.7. The second-order valence-electron chi connectivity index (χ2n) is 6.46. The van der Waals surface area contributed by atoms with Crippen molar-refractivity contribution in [2.24, 2.45) is 0 Å². The van der Waals surface area contributed by atoms with Gasteiger partial charge in [0, 0.05) is 24.7 Å². The number of aromatic nitrogens is 1. The van der Waals surface area contributed by atoms with E-state index in [0.29, 0.717) is 39.5 Å². The van der Waals surface area contributed by atoms with E-state index in [-0.39, 0.29) is 5.91 Å². The van der Waals surface area contributed by atoms with Crippen LogP contribution in [0.3, 0.4) is 0 Å². The van der Waals surface area contributed by atoms with Crippen LogP contribution in [0.1, 0.15) is 10.4 Å². The summed E-state index contributed by atoms with van der Waals surface area (Å²) in [4.78, 5) is 21.1. The summed E-state index contributed by atoms with van der Waals surface area (Å²) in [5, 5.41) is 3.83. The van der Waals surface area contributed by atoms with E-state index in [2.05, 4.69) is 9.88 Å². The quantitative estimate of drug-likeness (QED) is 0.820. The van der Waals surface area contributed by atoms with Gasteiger partial charge in [0.25, 0.3) is 5.91 Å². The molecular formula is C18H21N3O3S. The zero-order chi connectivity index (χ0) is 17.1. The highest BCUT2D eigenvalue weighted by Gasteiger charge is 2.42. The highest BCUT2D eigenvalue weighted by atomic mass is 32.1. The Labute approximate surface area is 151 Å². The van der Waals surface area contributed by atoms with Crippen molar-refractivity contribution in [2.75, 3.05) is 50.9 Å². The number of nitrogens with zero attached hydrogens (tertiary/aromatic N) is 3. The summed E-state index contributed by atoms with van der Waals surface area (Å²) in [6.07, 6.45) is 3.63. The molecule has 2 aliphatic rings. The molecule has 2 fully saturated rings. The Morgan fingerprint density at radius 2 is 2.20 bits per heavy atom. The Morgan fingerprint density at radius 3 is 3.00 bits per heavy atom. The van der Waals surface area contributed by atoms with Gasteiger partial charge in [-0.25, -0.2) is 0 Å². The van der Waals surface area contributed by atoms with Crippen LogP contribution in [0.15, 0.2) is 41.4 Å². The monoisotopic (exact) mass is 359 g/mol. The molecule has 4 rings (SSSR count). The molecule has 0 aliphatic carbocycles. The number of hydrogen-bond acceptors (Lipinski definition) is 6. The minimum Gasteiger partial charge on any atom is -0.376 e. The van der Waals surface area contributed by atoms with Crippen LogP contribution in [0.2, 0.25) is 0 Å². The first-order valence-electron chi connectivity index (χ1n) is 8.44. The number of pyridine rings is 1. The molecule has 4 heterocycles. The second-order valence-corrected chi connectivity index (χ2v) is 7.24. The number of hydrogen-bond donors (Lipinski definition) is 0. The zero-order valence-electron chi connectivity index (χ0n) is 14.0. The third-order valence-corrected chi connectivity index (χ3v) is 5.35. The van der Waals surface area contributed by atoms with Crippen molar-refractivity contribution in [1.82, 2.24) is 9.88 Å². The van der Waals surface area contributed by atoms with Crippen molar-refractivity contribution in [1.29, 1.82) is 0 Å². The van der Waals surface area contributed by atoms with Crippen LogP contribution in [0, 0.1) is 0 Å². The van der Waals surface area contributed by atoms with Gasteiger partial charge in [-0.2, -0.15) is 11.3 Å². The number of carbonyl (C=O) groups excluding carboxylic acids is 1. The summed E-state index contributed by atoms with van der Waals surface area (Å²) in [6, 6.07) is 5.85. The van der Waals surface area contributed by atoms with Gasteiger partial charge in [-0.3, -0.25) is 9.78 Å². The molecule has 2 aromatic rings. The standard InChI is InChI=1S/C18H21N3O3S/c22-17(15-3-9-25-11-15)21-6-8-24-18(13-21)12-20(5-7-23-14-18)16-2-1-4-19-10-16/h1-4,9-11H,5-8,12-14H2/t18-/m0/s1. The molecule has 2 aromatic heterocycles. The lowest BCUT2D eigenvalue weighted by molar-refractivity contribution is -0.124. The number of carbonyl (C=O) groups is 1. The smallest absolute Gasteiger partial charge is 0.254 e. The van der Waals surface area contributed by atoms with Crippen LogP contribution in [0.5, 0.6) is 0 Å². The van der Waals surface area contributed by atoms with Crippen LogP contribution in [0.25, 0.3) is 0 Å². The molecule has 132 valence electrons. The lowest BCUT2D eigenvalue weighted by Crippen LogP contribution is -2.60. The molecule has 25 heavy (non-hydrogen) atoms. The lowest BCUT2D eigenvalue weighted by atomic mass is 10.0. The predicted molar refractivity (Wildman–Crippen MR) is 96.2 cm³/mol. The van der Waals surface area contributed by atoms with Crippen molar-refractivity contribution in [3.8, 4) is 0 Å². The van der Waals surface area contributed by atoms with E-state index in [9.17, 15) is 4.79 Å². The van der Waals surface area contributed by atoms with Crippen LogP contribution in [-0.4, -0.2) is 67.4 Å². The molecular weight excluding hydrogens is 338 g/mol. The summed E-state index contributed by atoms with van der Waals surface area (Å²) in [5.41, 5.74) is 1.30. The first kappa shape index (κ1) is 16.5. The van der Waals surface area contributed by atoms with Gasteiger partial charge in [0.2, 0.25) is 0 Å². The van der Waals surface area contributed by atoms with E-state index in [1.54, 1.807) is 17.5 Å². The van der Waals surface area contributed by atoms with Gasteiger partial charge in [0.15, 0.2) is 0 Å². The Morgan fingerprint density at radius 1 is 1.24 bits per heavy atom. The molecule has 0 unspecified atom stereocenters. The summed E-state index contributed by atoms with van der Waals surface area (Å²) in [7, 11) is 0. The van der Waals surface area contributed by atoms with Crippen molar-refractivity contribution < 1.29 is 14.3 Å². The predicted octanol–water partition coefficient (Wildman–Crippen LogP) is 1.89. The molecule has 2 aliphatic heterocycles. The van der Waals surface area contributed by atoms with E-state index < -0.39 is 5.60 Å². The number of anilines is 1. The van der Waals surface area contributed by atoms with Crippen LogP contribution >= 0.6 is 11.3 Å². The van der Waals surface area contributed by atoms with Gasteiger partial charge in [-0.15, -0.1) is 0 Å². The number of rotatable bonds is 2. The van der Waals surface area contributed by atoms with Crippen LogP contribution < -0.4 is 4.90 Å². The average Bonchev–Trinajstić information content (AvgIpc) is 3.12. The van der Waals surface area contributed by atoms with Gasteiger partial charge in [0.1, 0.15) is 5.60 Å². The lowest BCUT2D eigenvalue weighted by Gasteiger charge is -2.43. The van der Waals surface area contributed by atoms with Gasteiger partial charge in [-0.1, -0.05) is 0 Å². The Hall–Kier alpha value is -1.96. The number of ether oxygens (including phenoxy) is 2. The van der Waals surface area contributed by atoms with E-state index in [1.807, 2.05) is 40.1 Å². The number of amides is 1. The zero-order valence-corrected chi connectivity index (χ0v) is 14.8. The molecule has 1 amide bonds. The maximum Gasteiger partial charge on any atom is 0.254 e.